The average molecular weight is 375 g/mol. The van der Waals surface area contributed by atoms with E-state index in [1.165, 1.54) is 6.07 Å². The van der Waals surface area contributed by atoms with Crippen LogP contribution in [0.1, 0.15) is 37.2 Å². The second kappa shape index (κ2) is 7.02. The lowest BCUT2D eigenvalue weighted by Crippen LogP contribution is -2.34. The number of nitrogens with one attached hydrogen (secondary N) is 1. The highest BCUT2D eigenvalue weighted by Crippen LogP contribution is 2.34. The molecule has 1 N–H and O–H groups in total. The maximum Gasteiger partial charge on any atom is 0.416 e. The fourth-order valence-electron chi connectivity index (χ4n) is 2.89. The Balaban J connectivity index is 2.01. The van der Waals surface area contributed by atoms with Gasteiger partial charge in [0.1, 0.15) is 0 Å². The van der Waals surface area contributed by atoms with E-state index in [0.717, 1.165) is 23.4 Å². The van der Waals surface area contributed by atoms with Crippen molar-refractivity contribution in [1.29, 1.82) is 0 Å². The van der Waals surface area contributed by atoms with E-state index in [-0.39, 0.29) is 0 Å². The minimum atomic E-state index is -4.40. The molecule has 0 saturated carbocycles. The SMILES string of the molecule is CC[C@](C)(Nc1cccc(C(F)(F)F)c1)c1nnnn1-c1ccccc1C. The molecular formula is C19H20F3N5. The number of anilines is 1. The van der Waals surface area contributed by atoms with E-state index in [4.69, 9.17) is 0 Å². The van der Waals surface area contributed by atoms with E-state index in [2.05, 4.69) is 20.8 Å². The maximum atomic E-state index is 13.0. The Hall–Kier alpha value is -2.90. The second-order valence-corrected chi connectivity index (χ2v) is 6.59. The van der Waals surface area contributed by atoms with Crippen LogP contribution >= 0.6 is 0 Å². The van der Waals surface area contributed by atoms with Crippen LogP contribution in [0.15, 0.2) is 48.5 Å². The van der Waals surface area contributed by atoms with Crippen molar-refractivity contribution in [2.75, 3.05) is 5.32 Å². The Labute approximate surface area is 155 Å². The van der Waals surface area contributed by atoms with Crippen molar-refractivity contribution in [1.82, 2.24) is 20.2 Å². The average Bonchev–Trinajstić information content (AvgIpc) is 3.12. The highest BCUT2D eigenvalue weighted by Gasteiger charge is 2.34. The van der Waals surface area contributed by atoms with Crippen molar-refractivity contribution in [2.24, 2.45) is 0 Å². The first-order valence-corrected chi connectivity index (χ1v) is 8.55. The standard InChI is InChI=1S/C19H20F3N5/c1-4-18(3,23-15-10-7-9-14(12-15)19(20,21)22)17-24-25-26-27(17)16-11-6-5-8-13(16)2/h5-12,23H,4H2,1-3H3/t18-/m0/s1. The van der Waals surface area contributed by atoms with Crippen molar-refractivity contribution in [2.45, 2.75) is 38.9 Å². The molecule has 1 heterocycles. The Morgan fingerprint density at radius 1 is 1.07 bits per heavy atom. The minimum absolute atomic E-state index is 0.355. The van der Waals surface area contributed by atoms with Gasteiger partial charge in [0.15, 0.2) is 5.82 Å². The lowest BCUT2D eigenvalue weighted by molar-refractivity contribution is -0.137. The molecule has 27 heavy (non-hydrogen) atoms. The Morgan fingerprint density at radius 2 is 1.81 bits per heavy atom. The van der Waals surface area contributed by atoms with Crippen LogP contribution in [0.25, 0.3) is 5.69 Å². The van der Waals surface area contributed by atoms with Gasteiger partial charge in [-0.1, -0.05) is 31.2 Å². The van der Waals surface area contributed by atoms with Crippen LogP contribution in [0.3, 0.4) is 0 Å². The van der Waals surface area contributed by atoms with E-state index in [9.17, 15) is 13.2 Å². The lowest BCUT2D eigenvalue weighted by atomic mass is 9.96. The number of rotatable bonds is 5. The molecule has 0 saturated heterocycles. The smallest absolute Gasteiger partial charge is 0.373 e. The van der Waals surface area contributed by atoms with Crippen molar-refractivity contribution in [3.05, 3.63) is 65.5 Å². The molecule has 3 rings (SSSR count). The summed E-state index contributed by atoms with van der Waals surface area (Å²) >= 11 is 0. The van der Waals surface area contributed by atoms with E-state index >= 15 is 0 Å². The zero-order valence-corrected chi connectivity index (χ0v) is 15.2. The van der Waals surface area contributed by atoms with E-state index in [1.54, 1.807) is 10.7 Å². The summed E-state index contributed by atoms with van der Waals surface area (Å²) in [7, 11) is 0. The molecule has 0 radical (unpaired) electrons. The lowest BCUT2D eigenvalue weighted by Gasteiger charge is -2.30. The van der Waals surface area contributed by atoms with Gasteiger partial charge in [-0.3, -0.25) is 0 Å². The minimum Gasteiger partial charge on any atom is -0.373 e. The molecule has 1 atom stereocenters. The van der Waals surface area contributed by atoms with Crippen LogP contribution in [-0.4, -0.2) is 20.2 Å². The highest BCUT2D eigenvalue weighted by molar-refractivity contribution is 5.50. The van der Waals surface area contributed by atoms with Crippen molar-refractivity contribution in [3.63, 3.8) is 0 Å². The highest BCUT2D eigenvalue weighted by atomic mass is 19.4. The monoisotopic (exact) mass is 375 g/mol. The molecule has 1 aromatic heterocycles. The molecular weight excluding hydrogens is 355 g/mol. The van der Waals surface area contributed by atoms with Gasteiger partial charge in [-0.05, 0) is 60.5 Å². The zero-order chi connectivity index (χ0) is 19.7. The molecule has 0 spiro atoms. The number of halogens is 3. The summed E-state index contributed by atoms with van der Waals surface area (Å²) in [5, 5.41) is 15.2. The zero-order valence-electron chi connectivity index (χ0n) is 15.2. The predicted octanol–water partition coefficient (Wildman–Crippen LogP) is 4.73. The molecule has 0 fully saturated rings. The third kappa shape index (κ3) is 3.79. The van der Waals surface area contributed by atoms with Crippen molar-refractivity contribution < 1.29 is 13.2 Å². The first-order chi connectivity index (χ1) is 12.7. The van der Waals surface area contributed by atoms with Gasteiger partial charge in [0.05, 0.1) is 16.8 Å². The molecule has 8 heteroatoms. The molecule has 0 aliphatic rings. The summed E-state index contributed by atoms with van der Waals surface area (Å²) in [5.74, 6) is 0.525. The van der Waals surface area contributed by atoms with Gasteiger partial charge >= 0.3 is 6.18 Å². The molecule has 142 valence electrons. The van der Waals surface area contributed by atoms with Crippen LogP contribution in [0.5, 0.6) is 0 Å². The number of nitrogens with zero attached hydrogens (tertiary/aromatic N) is 4. The summed E-state index contributed by atoms with van der Waals surface area (Å²) in [6, 6.07) is 12.8. The molecule has 0 unspecified atom stereocenters. The van der Waals surface area contributed by atoms with Gasteiger partial charge in [0.25, 0.3) is 0 Å². The molecule has 0 aliphatic carbocycles. The topological polar surface area (TPSA) is 55.6 Å². The number of hydrogen-bond acceptors (Lipinski definition) is 4. The summed E-state index contributed by atoms with van der Waals surface area (Å²) in [6.45, 7) is 5.75. The maximum absolute atomic E-state index is 13.0. The van der Waals surface area contributed by atoms with Crippen molar-refractivity contribution in [3.8, 4) is 5.69 Å². The number of tetrazole rings is 1. The fourth-order valence-corrected chi connectivity index (χ4v) is 2.89. The van der Waals surface area contributed by atoms with Gasteiger partial charge in [-0.15, -0.1) is 5.10 Å². The molecule has 0 aliphatic heterocycles. The third-order valence-corrected chi connectivity index (χ3v) is 4.62. The van der Waals surface area contributed by atoms with E-state index in [1.807, 2.05) is 45.0 Å². The molecule has 5 nitrogen and oxygen atoms in total. The Bertz CT molecular complexity index is 935. The number of hydrogen-bond donors (Lipinski definition) is 1. The van der Waals surface area contributed by atoms with Gasteiger partial charge in [-0.25, -0.2) is 0 Å². The molecule has 0 bridgehead atoms. The molecule has 3 aromatic rings. The van der Waals surface area contributed by atoms with Crippen LogP contribution in [-0.2, 0) is 11.7 Å². The van der Waals surface area contributed by atoms with Gasteiger partial charge in [-0.2, -0.15) is 17.9 Å². The summed E-state index contributed by atoms with van der Waals surface area (Å²) in [4.78, 5) is 0. The second-order valence-electron chi connectivity index (χ2n) is 6.59. The van der Waals surface area contributed by atoms with Gasteiger partial charge in [0.2, 0.25) is 0 Å². The number of benzene rings is 2. The third-order valence-electron chi connectivity index (χ3n) is 4.62. The number of aromatic nitrogens is 4. The number of para-hydroxylation sites is 1. The fraction of sp³-hybridized carbons (Fsp3) is 0.316. The molecule has 0 amide bonds. The number of alkyl halides is 3. The number of aryl methyl sites for hydroxylation is 1. The van der Waals surface area contributed by atoms with Crippen molar-refractivity contribution >= 4 is 5.69 Å². The first kappa shape index (κ1) is 18.9. The Morgan fingerprint density at radius 3 is 2.48 bits per heavy atom. The normalized spacial score (nSPS) is 14.0. The Kier molecular flexibility index (Phi) is 4.91. The van der Waals surface area contributed by atoms with E-state index in [0.29, 0.717) is 17.9 Å². The van der Waals surface area contributed by atoms with Gasteiger partial charge in [0, 0.05) is 5.69 Å². The predicted molar refractivity (Wildman–Crippen MR) is 96.6 cm³/mol. The largest absolute Gasteiger partial charge is 0.416 e. The van der Waals surface area contributed by atoms with Crippen LogP contribution in [0, 0.1) is 6.92 Å². The van der Waals surface area contributed by atoms with E-state index < -0.39 is 17.3 Å². The summed E-state index contributed by atoms with van der Waals surface area (Å²) in [5.41, 5.74) is 0.695. The quantitative estimate of drug-likeness (QED) is 0.701. The summed E-state index contributed by atoms with van der Waals surface area (Å²) < 4.78 is 40.7. The van der Waals surface area contributed by atoms with Crippen LogP contribution in [0.2, 0.25) is 0 Å². The van der Waals surface area contributed by atoms with Crippen LogP contribution < -0.4 is 5.32 Å². The molecule has 2 aromatic carbocycles. The van der Waals surface area contributed by atoms with Crippen LogP contribution in [0.4, 0.5) is 18.9 Å². The van der Waals surface area contributed by atoms with Gasteiger partial charge < -0.3 is 5.32 Å². The summed E-state index contributed by atoms with van der Waals surface area (Å²) in [6.07, 6.45) is -3.83. The first-order valence-electron chi connectivity index (χ1n) is 8.55.